The third-order valence-corrected chi connectivity index (χ3v) is 4.80. The van der Waals surface area contributed by atoms with E-state index in [9.17, 15) is 4.79 Å². The zero-order valence-electron chi connectivity index (χ0n) is 14.9. The predicted octanol–water partition coefficient (Wildman–Crippen LogP) is 4.86. The molecule has 134 valence electrons. The summed E-state index contributed by atoms with van der Waals surface area (Å²) >= 11 is 1.47. The van der Waals surface area contributed by atoms with Crippen LogP contribution >= 0.6 is 11.8 Å². The van der Waals surface area contributed by atoms with Crippen molar-refractivity contribution in [1.82, 2.24) is 10.2 Å². The van der Waals surface area contributed by atoms with Gasteiger partial charge in [0.05, 0.1) is 0 Å². The number of thioether (sulfide) groups is 1. The number of nitrogens with zero attached hydrogens (tertiary/aromatic N) is 2. The summed E-state index contributed by atoms with van der Waals surface area (Å²) in [6.07, 6.45) is 1.20. The zero-order chi connectivity index (χ0) is 18.4. The maximum Gasteiger partial charge on any atom is 0.276 e. The van der Waals surface area contributed by atoms with Crippen LogP contribution in [0.5, 0.6) is 0 Å². The number of nitrogens with one attached hydrogen (secondary N) is 1. The van der Waals surface area contributed by atoms with Crippen molar-refractivity contribution in [2.75, 3.05) is 11.1 Å². The summed E-state index contributed by atoms with van der Waals surface area (Å²) in [6.45, 7) is 4.01. The molecule has 0 aliphatic heterocycles. The first-order valence-corrected chi connectivity index (χ1v) is 9.49. The van der Waals surface area contributed by atoms with E-state index in [2.05, 4.69) is 15.5 Å². The lowest BCUT2D eigenvalue weighted by Crippen LogP contribution is -2.12. The Balaban J connectivity index is 1.43. The molecule has 0 fully saturated rings. The summed E-state index contributed by atoms with van der Waals surface area (Å²) in [6, 6.07) is 15.7. The third kappa shape index (κ3) is 4.95. The van der Waals surface area contributed by atoms with E-state index in [0.717, 1.165) is 29.0 Å². The molecule has 1 heterocycles. The van der Waals surface area contributed by atoms with Crippen LogP contribution in [-0.2, 0) is 4.79 Å². The van der Waals surface area contributed by atoms with Crippen molar-refractivity contribution in [2.24, 2.45) is 0 Å². The number of aromatic nitrogens is 2. The Hall–Kier alpha value is -2.60. The van der Waals surface area contributed by atoms with Crippen molar-refractivity contribution in [3.05, 3.63) is 59.7 Å². The van der Waals surface area contributed by atoms with Crippen LogP contribution in [0.1, 0.15) is 24.0 Å². The molecule has 0 saturated heterocycles. The molecular weight excluding hydrogens is 346 g/mol. The number of carbonyl (C=O) groups excluding carboxylic acids is 1. The first kappa shape index (κ1) is 18.2. The number of amides is 1. The first-order valence-electron chi connectivity index (χ1n) is 8.50. The molecule has 0 atom stereocenters. The molecule has 0 aliphatic rings. The van der Waals surface area contributed by atoms with E-state index in [0.29, 0.717) is 17.5 Å². The lowest BCUT2D eigenvalue weighted by atomic mass is 10.1. The second-order valence-corrected chi connectivity index (χ2v) is 7.10. The topological polar surface area (TPSA) is 68.0 Å². The maximum atomic E-state index is 12.0. The smallest absolute Gasteiger partial charge is 0.276 e. The van der Waals surface area contributed by atoms with Crippen LogP contribution in [0.4, 0.5) is 5.69 Å². The molecule has 0 unspecified atom stereocenters. The van der Waals surface area contributed by atoms with Crippen LogP contribution in [-0.4, -0.2) is 21.9 Å². The molecule has 0 radical (unpaired) electrons. The average molecular weight is 367 g/mol. The lowest BCUT2D eigenvalue weighted by Gasteiger charge is -2.07. The molecule has 0 spiro atoms. The first-order chi connectivity index (χ1) is 12.6. The monoisotopic (exact) mass is 367 g/mol. The highest BCUT2D eigenvalue weighted by molar-refractivity contribution is 7.99. The van der Waals surface area contributed by atoms with E-state index >= 15 is 0 Å². The SMILES string of the molecule is Cc1ccc(-c2nnc(SCCCC(=O)Nc3ccccc3C)o2)cc1. The van der Waals surface area contributed by atoms with Crippen LogP contribution < -0.4 is 5.32 Å². The zero-order valence-corrected chi connectivity index (χ0v) is 15.7. The van der Waals surface area contributed by atoms with E-state index in [1.807, 2.05) is 62.4 Å². The second-order valence-electron chi connectivity index (χ2n) is 6.05. The second kappa shape index (κ2) is 8.67. The summed E-state index contributed by atoms with van der Waals surface area (Å²) in [5, 5.41) is 11.6. The molecular formula is C20H21N3O2S. The molecule has 1 aromatic heterocycles. The standard InChI is InChI=1S/C20H21N3O2S/c1-14-9-11-16(12-10-14)19-22-23-20(25-19)26-13-5-8-18(24)21-17-7-4-3-6-15(17)2/h3-4,6-7,9-12H,5,8,13H2,1-2H3,(H,21,24). The van der Waals surface area contributed by atoms with Crippen molar-refractivity contribution in [1.29, 1.82) is 0 Å². The van der Waals surface area contributed by atoms with Crippen LogP contribution in [0.25, 0.3) is 11.5 Å². The minimum absolute atomic E-state index is 0.0192. The van der Waals surface area contributed by atoms with Crippen LogP contribution in [0, 0.1) is 13.8 Å². The van der Waals surface area contributed by atoms with Gasteiger partial charge in [0.2, 0.25) is 11.8 Å². The van der Waals surface area contributed by atoms with Crippen LogP contribution in [0.15, 0.2) is 58.2 Å². The molecule has 1 N–H and O–H groups in total. The van der Waals surface area contributed by atoms with E-state index < -0.39 is 0 Å². The van der Waals surface area contributed by atoms with Gasteiger partial charge in [-0.25, -0.2) is 0 Å². The Labute approximate surface area is 157 Å². The van der Waals surface area contributed by atoms with Crippen molar-refractivity contribution < 1.29 is 9.21 Å². The average Bonchev–Trinajstić information content (AvgIpc) is 3.10. The molecule has 1 amide bonds. The van der Waals surface area contributed by atoms with Gasteiger partial charge >= 0.3 is 0 Å². The molecule has 26 heavy (non-hydrogen) atoms. The van der Waals surface area contributed by atoms with Gasteiger partial charge in [-0.15, -0.1) is 10.2 Å². The third-order valence-electron chi connectivity index (χ3n) is 3.90. The fourth-order valence-corrected chi connectivity index (χ4v) is 3.10. The fourth-order valence-electron chi connectivity index (χ4n) is 2.40. The Morgan fingerprint density at radius 2 is 1.85 bits per heavy atom. The predicted molar refractivity (Wildman–Crippen MR) is 104 cm³/mol. The van der Waals surface area contributed by atoms with Gasteiger partial charge in [-0.3, -0.25) is 4.79 Å². The van der Waals surface area contributed by atoms with Gasteiger partial charge in [0.15, 0.2) is 0 Å². The Bertz CT molecular complexity index is 875. The minimum atomic E-state index is 0.0192. The molecule has 2 aromatic carbocycles. The molecule has 0 bridgehead atoms. The van der Waals surface area contributed by atoms with Gasteiger partial charge < -0.3 is 9.73 Å². The van der Waals surface area contributed by atoms with E-state index in [-0.39, 0.29) is 5.91 Å². The number of benzene rings is 2. The number of hydrogen-bond acceptors (Lipinski definition) is 5. The number of para-hydroxylation sites is 1. The molecule has 0 aliphatic carbocycles. The van der Waals surface area contributed by atoms with E-state index in [1.165, 1.54) is 17.3 Å². The summed E-state index contributed by atoms with van der Waals surface area (Å²) in [5.41, 5.74) is 4.02. The highest BCUT2D eigenvalue weighted by Gasteiger charge is 2.09. The Morgan fingerprint density at radius 3 is 2.62 bits per heavy atom. The van der Waals surface area contributed by atoms with Crippen molar-refractivity contribution in [3.63, 3.8) is 0 Å². The summed E-state index contributed by atoms with van der Waals surface area (Å²) in [4.78, 5) is 12.0. The van der Waals surface area contributed by atoms with Gasteiger partial charge in [-0.1, -0.05) is 47.7 Å². The van der Waals surface area contributed by atoms with Crippen LogP contribution in [0.2, 0.25) is 0 Å². The largest absolute Gasteiger partial charge is 0.411 e. The van der Waals surface area contributed by atoms with Crippen LogP contribution in [0.3, 0.4) is 0 Å². The van der Waals surface area contributed by atoms with E-state index in [1.54, 1.807) is 0 Å². The van der Waals surface area contributed by atoms with Gasteiger partial charge in [-0.2, -0.15) is 0 Å². The quantitative estimate of drug-likeness (QED) is 0.477. The van der Waals surface area contributed by atoms with Gasteiger partial charge in [0, 0.05) is 23.4 Å². The molecule has 3 rings (SSSR count). The van der Waals surface area contributed by atoms with E-state index in [4.69, 9.17) is 4.42 Å². The summed E-state index contributed by atoms with van der Waals surface area (Å²) < 4.78 is 5.67. The number of aryl methyl sites for hydroxylation is 2. The lowest BCUT2D eigenvalue weighted by molar-refractivity contribution is -0.116. The Kier molecular flexibility index (Phi) is 6.07. The van der Waals surface area contributed by atoms with Gasteiger partial charge in [0.1, 0.15) is 0 Å². The van der Waals surface area contributed by atoms with Gasteiger partial charge in [-0.05, 0) is 44.0 Å². The Morgan fingerprint density at radius 1 is 1.08 bits per heavy atom. The number of anilines is 1. The molecule has 6 heteroatoms. The van der Waals surface area contributed by atoms with Crippen molar-refractivity contribution in [3.8, 4) is 11.5 Å². The van der Waals surface area contributed by atoms with Crippen molar-refractivity contribution >= 4 is 23.4 Å². The number of hydrogen-bond donors (Lipinski definition) is 1. The fraction of sp³-hybridized carbons (Fsp3) is 0.250. The molecule has 5 nitrogen and oxygen atoms in total. The minimum Gasteiger partial charge on any atom is -0.411 e. The highest BCUT2D eigenvalue weighted by atomic mass is 32.2. The van der Waals surface area contributed by atoms with Crippen molar-refractivity contribution in [2.45, 2.75) is 31.9 Å². The highest BCUT2D eigenvalue weighted by Crippen LogP contribution is 2.24. The maximum absolute atomic E-state index is 12.0. The van der Waals surface area contributed by atoms with Gasteiger partial charge in [0.25, 0.3) is 5.22 Å². The number of carbonyl (C=O) groups is 1. The number of rotatable bonds is 7. The molecule has 3 aromatic rings. The molecule has 0 saturated carbocycles. The normalized spacial score (nSPS) is 10.7. The summed E-state index contributed by atoms with van der Waals surface area (Å²) in [7, 11) is 0. The summed E-state index contributed by atoms with van der Waals surface area (Å²) in [5.74, 6) is 1.28.